The fourth-order valence-corrected chi connectivity index (χ4v) is 4.10. The van der Waals surface area contributed by atoms with E-state index < -0.39 is 0 Å². The Balaban J connectivity index is 1.28. The van der Waals surface area contributed by atoms with Gasteiger partial charge in [-0.25, -0.2) is 9.78 Å². The molecule has 0 spiro atoms. The fraction of sp³-hybridized carbons (Fsp3) is 0.444. The van der Waals surface area contributed by atoms with Gasteiger partial charge in [0.15, 0.2) is 5.69 Å². The summed E-state index contributed by atoms with van der Waals surface area (Å²) in [5.74, 6) is -0.343. The number of thiazole rings is 1. The number of benzene rings is 1. The van der Waals surface area contributed by atoms with Gasteiger partial charge in [0, 0.05) is 30.6 Å². The Kier molecular flexibility index (Phi) is 4.60. The molecule has 24 heavy (non-hydrogen) atoms. The molecule has 0 saturated carbocycles. The second-order valence-electron chi connectivity index (χ2n) is 6.26. The highest BCUT2D eigenvalue weighted by molar-refractivity contribution is 7.13. The van der Waals surface area contributed by atoms with Crippen LogP contribution in [0.3, 0.4) is 0 Å². The van der Waals surface area contributed by atoms with Gasteiger partial charge in [0.1, 0.15) is 11.6 Å². The van der Waals surface area contributed by atoms with E-state index in [1.54, 1.807) is 5.38 Å². The molecule has 2 bridgehead atoms. The van der Waals surface area contributed by atoms with Crippen LogP contribution in [-0.4, -0.2) is 54.3 Å². The Hall–Kier alpha value is -1.76. The van der Waals surface area contributed by atoms with Gasteiger partial charge in [-0.1, -0.05) is 30.3 Å². The molecule has 2 aliphatic rings. The lowest BCUT2D eigenvalue weighted by Crippen LogP contribution is -2.44. The van der Waals surface area contributed by atoms with E-state index >= 15 is 0 Å². The molecule has 5 nitrogen and oxygen atoms in total. The summed E-state index contributed by atoms with van der Waals surface area (Å²) >= 11 is 1.46. The van der Waals surface area contributed by atoms with E-state index in [1.807, 2.05) is 30.3 Å². The van der Waals surface area contributed by atoms with Crippen LogP contribution in [0.5, 0.6) is 0 Å². The van der Waals surface area contributed by atoms with Crippen molar-refractivity contribution in [3.05, 3.63) is 41.4 Å². The molecule has 0 aliphatic carbocycles. The zero-order chi connectivity index (χ0) is 16.4. The second kappa shape index (κ2) is 7.01. The minimum atomic E-state index is -0.343. The first-order chi connectivity index (χ1) is 11.8. The standard InChI is InChI=1S/C18H20N2O3S/c21-18(16-12-24-17(19-16)13-4-2-1-3-5-13)22-9-8-20-10-14-6-7-15(11-20)23-14/h1-5,12,14-15H,6-11H2. The molecule has 1 aromatic carbocycles. The lowest BCUT2D eigenvalue weighted by molar-refractivity contribution is -0.0431. The van der Waals surface area contributed by atoms with Crippen LogP contribution < -0.4 is 0 Å². The molecule has 2 unspecified atom stereocenters. The second-order valence-corrected chi connectivity index (χ2v) is 7.11. The molecule has 2 saturated heterocycles. The number of rotatable bonds is 5. The largest absolute Gasteiger partial charge is 0.460 e. The minimum absolute atomic E-state index is 0.343. The monoisotopic (exact) mass is 344 g/mol. The molecule has 6 heteroatoms. The predicted molar refractivity (Wildman–Crippen MR) is 92.2 cm³/mol. The van der Waals surface area contributed by atoms with Crippen LogP contribution >= 0.6 is 11.3 Å². The van der Waals surface area contributed by atoms with Crippen LogP contribution in [0.2, 0.25) is 0 Å². The molecule has 126 valence electrons. The molecule has 2 aliphatic heterocycles. The number of carbonyl (C=O) groups is 1. The zero-order valence-corrected chi connectivity index (χ0v) is 14.2. The van der Waals surface area contributed by atoms with Crippen molar-refractivity contribution >= 4 is 17.3 Å². The first-order valence-electron chi connectivity index (χ1n) is 8.34. The van der Waals surface area contributed by atoms with Crippen LogP contribution in [0, 0.1) is 0 Å². The molecule has 3 heterocycles. The van der Waals surface area contributed by atoms with Crippen LogP contribution in [0.25, 0.3) is 10.6 Å². The molecule has 1 aromatic heterocycles. The third-order valence-electron chi connectivity index (χ3n) is 4.49. The number of aromatic nitrogens is 1. The van der Waals surface area contributed by atoms with Gasteiger partial charge in [0.05, 0.1) is 12.2 Å². The number of ether oxygens (including phenoxy) is 2. The van der Waals surface area contributed by atoms with Crippen molar-refractivity contribution in [3.8, 4) is 10.6 Å². The summed E-state index contributed by atoms with van der Waals surface area (Å²) in [7, 11) is 0. The Bertz CT molecular complexity index is 691. The van der Waals surface area contributed by atoms with Gasteiger partial charge in [-0.05, 0) is 12.8 Å². The van der Waals surface area contributed by atoms with E-state index in [9.17, 15) is 4.79 Å². The van der Waals surface area contributed by atoms with Crippen LogP contribution in [-0.2, 0) is 9.47 Å². The van der Waals surface area contributed by atoms with Gasteiger partial charge >= 0.3 is 5.97 Å². The van der Waals surface area contributed by atoms with Gasteiger partial charge in [-0.15, -0.1) is 11.3 Å². The summed E-state index contributed by atoms with van der Waals surface area (Å²) < 4.78 is 11.2. The number of fused-ring (bicyclic) bond motifs is 2. The summed E-state index contributed by atoms with van der Waals surface area (Å²) in [6.07, 6.45) is 3.04. The molecule has 0 radical (unpaired) electrons. The molecule has 2 aromatic rings. The van der Waals surface area contributed by atoms with Crippen LogP contribution in [0.15, 0.2) is 35.7 Å². The number of hydrogen-bond donors (Lipinski definition) is 0. The highest BCUT2D eigenvalue weighted by Crippen LogP contribution is 2.26. The summed E-state index contributed by atoms with van der Waals surface area (Å²) in [5, 5.41) is 2.60. The van der Waals surface area contributed by atoms with Crippen molar-refractivity contribution in [1.82, 2.24) is 9.88 Å². The highest BCUT2D eigenvalue weighted by atomic mass is 32.1. The van der Waals surface area contributed by atoms with Crippen molar-refractivity contribution in [1.29, 1.82) is 0 Å². The topological polar surface area (TPSA) is 51.7 Å². The predicted octanol–water partition coefficient (Wildman–Crippen LogP) is 2.83. The van der Waals surface area contributed by atoms with E-state index in [-0.39, 0.29) is 5.97 Å². The van der Waals surface area contributed by atoms with Gasteiger partial charge in [-0.2, -0.15) is 0 Å². The third-order valence-corrected chi connectivity index (χ3v) is 5.39. The lowest BCUT2D eigenvalue weighted by atomic mass is 10.2. The van der Waals surface area contributed by atoms with Crippen LogP contribution in [0.4, 0.5) is 0 Å². The molecule has 0 amide bonds. The third kappa shape index (κ3) is 3.50. The number of esters is 1. The Morgan fingerprint density at radius 1 is 1.25 bits per heavy atom. The first-order valence-corrected chi connectivity index (χ1v) is 9.22. The van der Waals surface area contributed by atoms with Crippen molar-refractivity contribution in [3.63, 3.8) is 0 Å². The SMILES string of the molecule is O=C(OCCN1CC2CCC(C1)O2)c1csc(-c2ccccc2)n1. The zero-order valence-electron chi connectivity index (χ0n) is 13.4. The van der Waals surface area contributed by atoms with E-state index in [4.69, 9.17) is 9.47 Å². The summed E-state index contributed by atoms with van der Waals surface area (Å²) in [4.78, 5) is 18.9. The number of carbonyl (C=O) groups excluding carboxylic acids is 1. The highest BCUT2D eigenvalue weighted by Gasteiger charge is 2.33. The average Bonchev–Trinajstić information content (AvgIpc) is 3.23. The van der Waals surface area contributed by atoms with E-state index in [0.717, 1.165) is 43.0 Å². The number of morpholine rings is 1. The van der Waals surface area contributed by atoms with Gasteiger partial charge < -0.3 is 9.47 Å². The maximum atomic E-state index is 12.2. The molecule has 0 N–H and O–H groups in total. The normalized spacial score (nSPS) is 23.3. The molecular formula is C18H20N2O3S. The van der Waals surface area contributed by atoms with E-state index in [0.29, 0.717) is 24.5 Å². The lowest BCUT2D eigenvalue weighted by Gasteiger charge is -2.31. The summed E-state index contributed by atoms with van der Waals surface area (Å²) in [5.41, 5.74) is 1.41. The van der Waals surface area contributed by atoms with Crippen molar-refractivity contribution in [2.45, 2.75) is 25.0 Å². The Labute approximate surface area is 145 Å². The Morgan fingerprint density at radius 2 is 2.00 bits per heavy atom. The number of nitrogens with zero attached hydrogens (tertiary/aromatic N) is 2. The average molecular weight is 344 g/mol. The summed E-state index contributed by atoms with van der Waals surface area (Å²) in [6.45, 7) is 3.06. The molecule has 2 fully saturated rings. The molecule has 2 atom stereocenters. The molecule has 4 rings (SSSR count). The fourth-order valence-electron chi connectivity index (χ4n) is 3.30. The number of likely N-dealkylation sites (tertiary alicyclic amines) is 1. The maximum absolute atomic E-state index is 12.2. The Morgan fingerprint density at radius 3 is 2.75 bits per heavy atom. The van der Waals surface area contributed by atoms with E-state index in [2.05, 4.69) is 9.88 Å². The quantitative estimate of drug-likeness (QED) is 0.781. The van der Waals surface area contributed by atoms with Gasteiger partial charge in [0.2, 0.25) is 0 Å². The summed E-state index contributed by atoms with van der Waals surface area (Å²) in [6, 6.07) is 9.86. The smallest absolute Gasteiger partial charge is 0.357 e. The van der Waals surface area contributed by atoms with E-state index in [1.165, 1.54) is 11.3 Å². The minimum Gasteiger partial charge on any atom is -0.460 e. The maximum Gasteiger partial charge on any atom is 0.357 e. The molecular weight excluding hydrogens is 324 g/mol. The van der Waals surface area contributed by atoms with Crippen LogP contribution in [0.1, 0.15) is 23.3 Å². The first kappa shape index (κ1) is 15.7. The number of hydrogen-bond acceptors (Lipinski definition) is 6. The van der Waals surface area contributed by atoms with Gasteiger partial charge in [-0.3, -0.25) is 4.90 Å². The van der Waals surface area contributed by atoms with Crippen molar-refractivity contribution < 1.29 is 14.3 Å². The van der Waals surface area contributed by atoms with Gasteiger partial charge in [0.25, 0.3) is 0 Å². The van der Waals surface area contributed by atoms with Crippen molar-refractivity contribution in [2.75, 3.05) is 26.2 Å². The van der Waals surface area contributed by atoms with Crippen molar-refractivity contribution in [2.24, 2.45) is 0 Å².